The van der Waals surface area contributed by atoms with Crippen molar-refractivity contribution in [1.29, 1.82) is 0 Å². The van der Waals surface area contributed by atoms with Crippen LogP contribution in [0.2, 0.25) is 0 Å². The Hall–Kier alpha value is -1.36. The maximum absolute atomic E-state index is 5.99. The molecule has 0 radical (unpaired) electrons. The molecule has 0 amide bonds. The predicted molar refractivity (Wildman–Crippen MR) is 77.2 cm³/mol. The van der Waals surface area contributed by atoms with Crippen molar-refractivity contribution in [3.8, 4) is 0 Å². The van der Waals surface area contributed by atoms with Crippen molar-refractivity contribution in [2.75, 3.05) is 30.8 Å². The zero-order valence-corrected chi connectivity index (χ0v) is 11.8. The number of anilines is 2. The molecule has 2 aliphatic rings. The van der Waals surface area contributed by atoms with Crippen molar-refractivity contribution in [1.82, 2.24) is 14.9 Å². The molecule has 2 unspecified atom stereocenters. The summed E-state index contributed by atoms with van der Waals surface area (Å²) in [6, 6.07) is 1.41. The molecule has 2 N–H and O–H groups in total. The summed E-state index contributed by atoms with van der Waals surface area (Å²) in [7, 11) is 2.26. The Morgan fingerprint density at radius 3 is 2.84 bits per heavy atom. The molecule has 2 bridgehead atoms. The van der Waals surface area contributed by atoms with Gasteiger partial charge in [0.2, 0.25) is 0 Å². The number of hydrogen-bond acceptors (Lipinski definition) is 5. The van der Waals surface area contributed by atoms with Crippen molar-refractivity contribution in [3.05, 3.63) is 11.9 Å². The fourth-order valence-electron chi connectivity index (χ4n) is 3.53. The lowest BCUT2D eigenvalue weighted by molar-refractivity contribution is 0.254. The molecular weight excluding hydrogens is 238 g/mol. The van der Waals surface area contributed by atoms with E-state index in [0.717, 1.165) is 36.9 Å². The molecule has 2 aliphatic heterocycles. The minimum atomic E-state index is 0.635. The summed E-state index contributed by atoms with van der Waals surface area (Å²) in [5.41, 5.74) is 7.09. The van der Waals surface area contributed by atoms with Crippen LogP contribution >= 0.6 is 0 Å². The summed E-state index contributed by atoms with van der Waals surface area (Å²) in [5, 5.41) is 0. The van der Waals surface area contributed by atoms with E-state index in [0.29, 0.717) is 11.9 Å². The molecule has 0 spiro atoms. The summed E-state index contributed by atoms with van der Waals surface area (Å²) >= 11 is 0. The van der Waals surface area contributed by atoms with E-state index in [9.17, 15) is 0 Å². The summed E-state index contributed by atoms with van der Waals surface area (Å²) in [6.07, 6.45) is 6.36. The highest BCUT2D eigenvalue weighted by molar-refractivity contribution is 5.56. The second kappa shape index (κ2) is 4.96. The molecule has 5 heteroatoms. The van der Waals surface area contributed by atoms with E-state index in [-0.39, 0.29) is 0 Å². The van der Waals surface area contributed by atoms with E-state index in [2.05, 4.69) is 33.7 Å². The lowest BCUT2D eigenvalue weighted by Gasteiger charge is -2.28. The first-order chi connectivity index (χ1) is 9.20. The Balaban J connectivity index is 1.89. The summed E-state index contributed by atoms with van der Waals surface area (Å²) in [6.45, 7) is 4.26. The number of rotatable bonds is 2. The highest BCUT2D eigenvalue weighted by Gasteiger charge is 2.35. The monoisotopic (exact) mass is 261 g/mol. The number of nitrogens with zero attached hydrogens (tertiary/aromatic N) is 4. The van der Waals surface area contributed by atoms with Crippen molar-refractivity contribution < 1.29 is 0 Å². The van der Waals surface area contributed by atoms with Gasteiger partial charge in [0.05, 0.1) is 0 Å². The molecular formula is C14H23N5. The first kappa shape index (κ1) is 12.7. The zero-order valence-electron chi connectivity index (χ0n) is 11.8. The van der Waals surface area contributed by atoms with Crippen LogP contribution in [-0.4, -0.2) is 47.1 Å². The van der Waals surface area contributed by atoms with Gasteiger partial charge in [-0.25, -0.2) is 9.97 Å². The van der Waals surface area contributed by atoms with Crippen molar-refractivity contribution >= 4 is 11.6 Å². The van der Waals surface area contributed by atoms with Gasteiger partial charge in [0, 0.05) is 30.7 Å². The molecule has 1 aromatic heterocycles. The Morgan fingerprint density at radius 1 is 1.26 bits per heavy atom. The van der Waals surface area contributed by atoms with E-state index < -0.39 is 0 Å². The van der Waals surface area contributed by atoms with Crippen molar-refractivity contribution in [2.24, 2.45) is 0 Å². The third-order valence-corrected chi connectivity index (χ3v) is 4.76. The van der Waals surface area contributed by atoms with Gasteiger partial charge in [0.25, 0.3) is 0 Å². The van der Waals surface area contributed by atoms with E-state index in [1.165, 1.54) is 19.3 Å². The fraction of sp³-hybridized carbons (Fsp3) is 0.714. The van der Waals surface area contributed by atoms with Crippen LogP contribution in [0, 0.1) is 0 Å². The lowest BCUT2D eigenvalue weighted by Crippen LogP contribution is -2.37. The van der Waals surface area contributed by atoms with Crippen LogP contribution in [0.15, 0.2) is 6.33 Å². The minimum absolute atomic E-state index is 0.635. The van der Waals surface area contributed by atoms with Crippen molar-refractivity contribution in [3.63, 3.8) is 0 Å². The van der Waals surface area contributed by atoms with Crippen LogP contribution in [0.25, 0.3) is 0 Å². The quantitative estimate of drug-likeness (QED) is 0.869. The Kier molecular flexibility index (Phi) is 3.31. The first-order valence-corrected chi connectivity index (χ1v) is 7.27. The van der Waals surface area contributed by atoms with Crippen molar-refractivity contribution in [2.45, 2.75) is 44.7 Å². The van der Waals surface area contributed by atoms with Gasteiger partial charge in [-0.05, 0) is 32.7 Å². The standard InChI is InChI=1S/C14H23N5/c1-3-12-13(15)16-9-17-14(12)19-7-6-10-4-5-11(8-19)18(10)2/h9-11H,3-8H2,1-2H3,(H2,15,16,17). The highest BCUT2D eigenvalue weighted by Crippen LogP contribution is 2.31. The number of nitrogens with two attached hydrogens (primary N) is 1. The predicted octanol–water partition coefficient (Wildman–Crippen LogP) is 1.29. The molecule has 19 heavy (non-hydrogen) atoms. The van der Waals surface area contributed by atoms with Crippen LogP contribution < -0.4 is 10.6 Å². The maximum atomic E-state index is 5.99. The molecule has 104 valence electrons. The van der Waals surface area contributed by atoms with Crippen LogP contribution in [0.5, 0.6) is 0 Å². The van der Waals surface area contributed by atoms with Crippen LogP contribution in [0.1, 0.15) is 31.7 Å². The smallest absolute Gasteiger partial charge is 0.137 e. The van der Waals surface area contributed by atoms with Crippen LogP contribution in [-0.2, 0) is 6.42 Å². The topological polar surface area (TPSA) is 58.3 Å². The Labute approximate surface area is 114 Å². The highest BCUT2D eigenvalue weighted by atomic mass is 15.3. The summed E-state index contributed by atoms with van der Waals surface area (Å²) in [4.78, 5) is 13.6. The molecule has 0 aliphatic carbocycles. The number of likely N-dealkylation sites (N-methyl/N-ethyl adjacent to an activating group) is 1. The average Bonchev–Trinajstić information content (AvgIpc) is 2.63. The van der Waals surface area contributed by atoms with Gasteiger partial charge >= 0.3 is 0 Å². The van der Waals surface area contributed by atoms with Gasteiger partial charge in [0.15, 0.2) is 0 Å². The molecule has 2 fully saturated rings. The third kappa shape index (κ3) is 2.16. The molecule has 2 atom stereocenters. The van der Waals surface area contributed by atoms with Crippen LogP contribution in [0.3, 0.4) is 0 Å². The van der Waals surface area contributed by atoms with E-state index in [1.807, 2.05) is 0 Å². The second-order valence-electron chi connectivity index (χ2n) is 5.70. The Bertz CT molecular complexity index is 461. The molecule has 0 saturated carbocycles. The molecule has 3 heterocycles. The van der Waals surface area contributed by atoms with Gasteiger partial charge in [-0.3, -0.25) is 4.90 Å². The third-order valence-electron chi connectivity index (χ3n) is 4.76. The summed E-state index contributed by atoms with van der Waals surface area (Å²) in [5.74, 6) is 1.69. The molecule has 1 aromatic rings. The Morgan fingerprint density at radius 2 is 2.05 bits per heavy atom. The SMILES string of the molecule is CCc1c(N)ncnc1N1CCC2CCC(C1)N2C. The van der Waals surface area contributed by atoms with Gasteiger partial charge in [-0.1, -0.05) is 6.92 Å². The normalized spacial score (nSPS) is 27.6. The second-order valence-corrected chi connectivity index (χ2v) is 5.70. The number of fused-ring (bicyclic) bond motifs is 2. The number of aromatic nitrogens is 2. The van der Waals surface area contributed by atoms with E-state index in [4.69, 9.17) is 5.73 Å². The first-order valence-electron chi connectivity index (χ1n) is 7.27. The van der Waals surface area contributed by atoms with Gasteiger partial charge in [0.1, 0.15) is 18.0 Å². The fourth-order valence-corrected chi connectivity index (χ4v) is 3.53. The number of hydrogen-bond donors (Lipinski definition) is 1. The average molecular weight is 261 g/mol. The molecule has 5 nitrogen and oxygen atoms in total. The molecule has 0 aromatic carbocycles. The zero-order chi connectivity index (χ0) is 13.4. The minimum Gasteiger partial charge on any atom is -0.383 e. The lowest BCUT2D eigenvalue weighted by atomic mass is 10.1. The van der Waals surface area contributed by atoms with E-state index >= 15 is 0 Å². The maximum Gasteiger partial charge on any atom is 0.137 e. The molecule has 3 rings (SSSR count). The van der Waals surface area contributed by atoms with Gasteiger partial charge < -0.3 is 10.6 Å². The summed E-state index contributed by atoms with van der Waals surface area (Å²) < 4.78 is 0. The van der Waals surface area contributed by atoms with E-state index in [1.54, 1.807) is 6.33 Å². The van der Waals surface area contributed by atoms with Gasteiger partial charge in [-0.15, -0.1) is 0 Å². The van der Waals surface area contributed by atoms with Gasteiger partial charge in [-0.2, -0.15) is 0 Å². The molecule has 2 saturated heterocycles. The van der Waals surface area contributed by atoms with Crippen LogP contribution in [0.4, 0.5) is 11.6 Å². The number of nitrogen functional groups attached to an aromatic ring is 1. The largest absolute Gasteiger partial charge is 0.383 e.